The highest BCUT2D eigenvalue weighted by Crippen LogP contribution is 2.50. The number of fused-ring (bicyclic) bond motifs is 1. The molecule has 0 amide bonds. The van der Waals surface area contributed by atoms with Crippen molar-refractivity contribution in [1.82, 2.24) is 0 Å². The van der Waals surface area contributed by atoms with Crippen molar-refractivity contribution in [2.45, 2.75) is 57.5 Å². The Kier molecular flexibility index (Phi) is 2.12. The van der Waals surface area contributed by atoms with Crippen molar-refractivity contribution >= 4 is 0 Å². The van der Waals surface area contributed by atoms with E-state index in [0.717, 1.165) is 24.4 Å². The third-order valence-electron chi connectivity index (χ3n) is 4.83. The van der Waals surface area contributed by atoms with Gasteiger partial charge < -0.3 is 4.74 Å². The van der Waals surface area contributed by atoms with Crippen molar-refractivity contribution in [2.24, 2.45) is 17.8 Å². The maximum absolute atomic E-state index is 6.23. The minimum Gasteiger partial charge on any atom is -0.375 e. The van der Waals surface area contributed by atoms with Crippen LogP contribution in [0, 0.1) is 17.8 Å². The van der Waals surface area contributed by atoms with E-state index in [-0.39, 0.29) is 0 Å². The van der Waals surface area contributed by atoms with Crippen molar-refractivity contribution in [3.8, 4) is 0 Å². The van der Waals surface area contributed by atoms with Gasteiger partial charge >= 0.3 is 0 Å². The summed E-state index contributed by atoms with van der Waals surface area (Å²) in [6.07, 6.45) is 9.76. The zero-order valence-corrected chi connectivity index (χ0v) is 9.30. The molecule has 1 spiro atoms. The van der Waals surface area contributed by atoms with Crippen LogP contribution in [0.5, 0.6) is 0 Å². The van der Waals surface area contributed by atoms with Crippen molar-refractivity contribution in [3.05, 3.63) is 0 Å². The Morgan fingerprint density at radius 2 is 1.71 bits per heavy atom. The molecule has 1 nitrogen and oxygen atoms in total. The average molecular weight is 194 g/mol. The maximum Gasteiger partial charge on any atom is 0.0683 e. The van der Waals surface area contributed by atoms with Crippen LogP contribution in [0.1, 0.15) is 51.9 Å². The summed E-state index contributed by atoms with van der Waals surface area (Å²) in [4.78, 5) is 0. The van der Waals surface area contributed by atoms with Gasteiger partial charge in [0.15, 0.2) is 0 Å². The fourth-order valence-corrected chi connectivity index (χ4v) is 3.35. The number of hydrogen-bond acceptors (Lipinski definition) is 1. The van der Waals surface area contributed by atoms with Crippen LogP contribution in [0.2, 0.25) is 0 Å². The molecule has 0 N–H and O–H groups in total. The Morgan fingerprint density at radius 1 is 1.00 bits per heavy atom. The number of hydrogen-bond donors (Lipinski definition) is 0. The third-order valence-corrected chi connectivity index (χ3v) is 4.83. The minimum absolute atomic E-state index is 0.333. The second kappa shape index (κ2) is 3.23. The largest absolute Gasteiger partial charge is 0.375 e. The van der Waals surface area contributed by atoms with Gasteiger partial charge in [-0.25, -0.2) is 0 Å². The fourth-order valence-electron chi connectivity index (χ4n) is 3.35. The first-order chi connectivity index (χ1) is 6.77. The first-order valence-corrected chi connectivity index (χ1v) is 6.41. The molecule has 1 heteroatoms. The zero-order chi connectivity index (χ0) is 9.60. The molecule has 80 valence electrons. The summed E-state index contributed by atoms with van der Waals surface area (Å²) in [6.45, 7) is 3.47. The van der Waals surface area contributed by atoms with Crippen LogP contribution in [0.4, 0.5) is 0 Å². The van der Waals surface area contributed by atoms with Crippen molar-refractivity contribution in [2.75, 3.05) is 6.61 Å². The maximum atomic E-state index is 6.23. The van der Waals surface area contributed by atoms with Crippen LogP contribution >= 0.6 is 0 Å². The van der Waals surface area contributed by atoms with Gasteiger partial charge in [-0.3, -0.25) is 0 Å². The predicted octanol–water partition coefficient (Wildman–Crippen LogP) is 3.38. The van der Waals surface area contributed by atoms with Gasteiger partial charge in [0.05, 0.1) is 12.2 Å². The van der Waals surface area contributed by atoms with Gasteiger partial charge in [0.2, 0.25) is 0 Å². The Bertz CT molecular complexity index is 201. The first kappa shape index (κ1) is 9.21. The van der Waals surface area contributed by atoms with Crippen LogP contribution in [-0.4, -0.2) is 12.2 Å². The molecule has 1 heterocycles. The van der Waals surface area contributed by atoms with E-state index >= 15 is 0 Å². The number of rotatable bonds is 0. The second-order valence-corrected chi connectivity index (χ2v) is 5.97. The standard InChI is InChI=1S/C13H22O/c1-10-2-5-13(6-3-10)7-4-11-8-12(11)9-14-13/h10-12H,2-9H2,1H3/t10?,11-,12+,13?/m1/s1. The van der Waals surface area contributed by atoms with E-state index in [4.69, 9.17) is 4.74 Å². The van der Waals surface area contributed by atoms with E-state index in [2.05, 4.69) is 6.92 Å². The smallest absolute Gasteiger partial charge is 0.0683 e. The molecule has 0 radical (unpaired) electrons. The molecule has 1 saturated heterocycles. The second-order valence-electron chi connectivity index (χ2n) is 5.97. The Labute approximate surface area is 87.2 Å². The van der Waals surface area contributed by atoms with E-state index in [1.165, 1.54) is 44.9 Å². The average Bonchev–Trinajstić information content (AvgIpc) is 2.94. The highest BCUT2D eigenvalue weighted by atomic mass is 16.5. The highest BCUT2D eigenvalue weighted by molar-refractivity contribution is 4.95. The third kappa shape index (κ3) is 1.60. The molecule has 0 unspecified atom stereocenters. The van der Waals surface area contributed by atoms with Gasteiger partial charge in [-0.05, 0) is 62.7 Å². The van der Waals surface area contributed by atoms with Crippen LogP contribution < -0.4 is 0 Å². The lowest BCUT2D eigenvalue weighted by atomic mass is 9.77. The molecule has 3 fully saturated rings. The number of ether oxygens (including phenoxy) is 1. The lowest BCUT2D eigenvalue weighted by molar-refractivity contribution is -0.0802. The predicted molar refractivity (Wildman–Crippen MR) is 57.1 cm³/mol. The Morgan fingerprint density at radius 3 is 2.50 bits per heavy atom. The van der Waals surface area contributed by atoms with Crippen LogP contribution in [0.3, 0.4) is 0 Å². The molecular formula is C13H22O. The molecular weight excluding hydrogens is 172 g/mol. The normalized spacial score (nSPS) is 52.5. The zero-order valence-electron chi connectivity index (χ0n) is 9.30. The van der Waals surface area contributed by atoms with Crippen molar-refractivity contribution in [3.63, 3.8) is 0 Å². The molecule has 0 aromatic heterocycles. The summed E-state index contributed by atoms with van der Waals surface area (Å²) in [5.74, 6) is 2.95. The van der Waals surface area contributed by atoms with Gasteiger partial charge in [0.25, 0.3) is 0 Å². The van der Waals surface area contributed by atoms with Gasteiger partial charge in [-0.1, -0.05) is 6.92 Å². The van der Waals surface area contributed by atoms with Crippen molar-refractivity contribution < 1.29 is 4.74 Å². The molecule has 0 aromatic carbocycles. The summed E-state index contributed by atoms with van der Waals surface area (Å²) in [5, 5.41) is 0. The fraction of sp³-hybridized carbons (Fsp3) is 1.00. The lowest BCUT2D eigenvalue weighted by Crippen LogP contribution is -2.36. The monoisotopic (exact) mass is 194 g/mol. The molecule has 0 bridgehead atoms. The Hall–Kier alpha value is -0.0400. The molecule has 2 atom stereocenters. The van der Waals surface area contributed by atoms with Crippen LogP contribution in [0.15, 0.2) is 0 Å². The van der Waals surface area contributed by atoms with Crippen LogP contribution in [0.25, 0.3) is 0 Å². The molecule has 1 aliphatic heterocycles. The van der Waals surface area contributed by atoms with E-state index in [1.807, 2.05) is 0 Å². The van der Waals surface area contributed by atoms with Gasteiger partial charge in [0.1, 0.15) is 0 Å². The van der Waals surface area contributed by atoms with Gasteiger partial charge in [-0.15, -0.1) is 0 Å². The summed E-state index contributed by atoms with van der Waals surface area (Å²) in [6, 6.07) is 0. The molecule has 0 aromatic rings. The molecule has 14 heavy (non-hydrogen) atoms. The van der Waals surface area contributed by atoms with E-state index < -0.39 is 0 Å². The van der Waals surface area contributed by atoms with Gasteiger partial charge in [0, 0.05) is 0 Å². The summed E-state index contributed by atoms with van der Waals surface area (Å²) >= 11 is 0. The summed E-state index contributed by atoms with van der Waals surface area (Å²) in [7, 11) is 0. The molecule has 3 rings (SSSR count). The SMILES string of the molecule is CC1CCC2(CC1)CC[C@@H]1C[C@H]1CO2. The quantitative estimate of drug-likeness (QED) is 0.574. The Balaban J connectivity index is 1.64. The molecule has 3 aliphatic rings. The van der Waals surface area contributed by atoms with Crippen LogP contribution in [-0.2, 0) is 4.74 Å². The highest BCUT2D eigenvalue weighted by Gasteiger charge is 2.45. The summed E-state index contributed by atoms with van der Waals surface area (Å²) in [5.41, 5.74) is 0.333. The first-order valence-electron chi connectivity index (χ1n) is 6.41. The molecule has 2 aliphatic carbocycles. The topological polar surface area (TPSA) is 9.23 Å². The van der Waals surface area contributed by atoms with E-state index in [1.54, 1.807) is 0 Å². The van der Waals surface area contributed by atoms with E-state index in [0.29, 0.717) is 5.60 Å². The van der Waals surface area contributed by atoms with Crippen molar-refractivity contribution in [1.29, 1.82) is 0 Å². The minimum atomic E-state index is 0.333. The van der Waals surface area contributed by atoms with Gasteiger partial charge in [-0.2, -0.15) is 0 Å². The molecule has 2 saturated carbocycles. The van der Waals surface area contributed by atoms with E-state index in [9.17, 15) is 0 Å². The lowest BCUT2D eigenvalue weighted by Gasteiger charge is -2.39. The summed E-state index contributed by atoms with van der Waals surface area (Å²) < 4.78 is 6.23.